The second kappa shape index (κ2) is 13.2. The van der Waals surface area contributed by atoms with Crippen LogP contribution in [0.5, 0.6) is 0 Å². The zero-order valence-corrected chi connectivity index (χ0v) is 19.9. The van der Waals surface area contributed by atoms with Crippen molar-refractivity contribution in [2.45, 2.75) is 26.3 Å². The summed E-state index contributed by atoms with van der Waals surface area (Å²) in [4.78, 5) is 29.7. The van der Waals surface area contributed by atoms with Gasteiger partial charge in [0.15, 0.2) is 0 Å². The number of aryl methyl sites for hydroxylation is 1. The van der Waals surface area contributed by atoms with Gasteiger partial charge in [-0.2, -0.15) is 0 Å². The van der Waals surface area contributed by atoms with Crippen LogP contribution in [0.15, 0.2) is 77.4 Å². The van der Waals surface area contributed by atoms with Crippen molar-refractivity contribution in [3.05, 3.63) is 89.9 Å². The minimum absolute atomic E-state index is 0.0566. The number of carbonyl (C=O) groups is 2. The highest BCUT2D eigenvalue weighted by molar-refractivity contribution is 5.93. The molecule has 0 bridgehead atoms. The maximum atomic E-state index is 13.4. The van der Waals surface area contributed by atoms with E-state index in [0.29, 0.717) is 38.4 Å². The molecule has 1 aromatic heterocycles. The SMILES string of the molecule is CCc1ccccc1NC(=O)N(CCOC)CC(=O)N(CCc1ccccc1)Cc1ccco1. The molecule has 7 heteroatoms. The third-order valence-corrected chi connectivity index (χ3v) is 5.61. The smallest absolute Gasteiger partial charge is 0.322 e. The summed E-state index contributed by atoms with van der Waals surface area (Å²) in [7, 11) is 1.58. The molecule has 3 rings (SSSR count). The quantitative estimate of drug-likeness (QED) is 0.426. The molecule has 0 aliphatic carbocycles. The van der Waals surface area contributed by atoms with E-state index >= 15 is 0 Å². The van der Waals surface area contributed by atoms with Gasteiger partial charge in [0.25, 0.3) is 0 Å². The van der Waals surface area contributed by atoms with Crippen LogP contribution < -0.4 is 5.32 Å². The van der Waals surface area contributed by atoms with Crippen molar-refractivity contribution in [1.29, 1.82) is 0 Å². The number of ether oxygens (including phenoxy) is 1. The fraction of sp³-hybridized carbons (Fsp3) is 0.333. The van der Waals surface area contributed by atoms with E-state index in [9.17, 15) is 9.59 Å². The summed E-state index contributed by atoms with van der Waals surface area (Å²) < 4.78 is 10.7. The molecule has 3 amide bonds. The van der Waals surface area contributed by atoms with Gasteiger partial charge in [0.1, 0.15) is 12.3 Å². The summed E-state index contributed by atoms with van der Waals surface area (Å²) >= 11 is 0. The monoisotopic (exact) mass is 463 g/mol. The van der Waals surface area contributed by atoms with Crippen LogP contribution in [-0.4, -0.2) is 55.1 Å². The van der Waals surface area contributed by atoms with Crippen LogP contribution in [0.3, 0.4) is 0 Å². The highest BCUT2D eigenvalue weighted by atomic mass is 16.5. The molecule has 0 aliphatic heterocycles. The zero-order chi connectivity index (χ0) is 24.2. The number of urea groups is 1. The highest BCUT2D eigenvalue weighted by Gasteiger charge is 2.22. The summed E-state index contributed by atoms with van der Waals surface area (Å²) in [5.74, 6) is 0.550. The van der Waals surface area contributed by atoms with E-state index in [-0.39, 0.29) is 18.5 Å². The van der Waals surface area contributed by atoms with Crippen LogP contribution in [0.4, 0.5) is 10.5 Å². The average Bonchev–Trinajstić information content (AvgIpc) is 3.38. The lowest BCUT2D eigenvalue weighted by atomic mass is 10.1. The number of furan rings is 1. The second-order valence-corrected chi connectivity index (χ2v) is 7.99. The third-order valence-electron chi connectivity index (χ3n) is 5.61. The molecular formula is C27H33N3O4. The van der Waals surface area contributed by atoms with Crippen molar-refractivity contribution in [3.8, 4) is 0 Å². The first kappa shape index (κ1) is 25.1. The van der Waals surface area contributed by atoms with Crippen molar-refractivity contribution in [2.24, 2.45) is 0 Å². The minimum Gasteiger partial charge on any atom is -0.467 e. The predicted octanol–water partition coefficient (Wildman–Crippen LogP) is 4.59. The molecule has 0 radical (unpaired) electrons. The second-order valence-electron chi connectivity index (χ2n) is 7.99. The lowest BCUT2D eigenvalue weighted by Gasteiger charge is -2.27. The first-order chi connectivity index (χ1) is 16.6. The fourth-order valence-electron chi connectivity index (χ4n) is 3.65. The van der Waals surface area contributed by atoms with E-state index in [1.165, 1.54) is 4.90 Å². The van der Waals surface area contributed by atoms with E-state index in [4.69, 9.17) is 9.15 Å². The Kier molecular flexibility index (Phi) is 9.73. The minimum atomic E-state index is -0.327. The molecule has 0 atom stereocenters. The lowest BCUT2D eigenvalue weighted by molar-refractivity contribution is -0.132. The van der Waals surface area contributed by atoms with Gasteiger partial charge in [-0.25, -0.2) is 4.79 Å². The van der Waals surface area contributed by atoms with E-state index in [1.54, 1.807) is 24.3 Å². The van der Waals surface area contributed by atoms with E-state index in [2.05, 4.69) is 5.32 Å². The Hall–Kier alpha value is -3.58. The fourth-order valence-corrected chi connectivity index (χ4v) is 3.65. The van der Waals surface area contributed by atoms with E-state index in [0.717, 1.165) is 23.2 Å². The average molecular weight is 464 g/mol. The third kappa shape index (κ3) is 7.49. The van der Waals surface area contributed by atoms with Crippen LogP contribution >= 0.6 is 0 Å². The maximum absolute atomic E-state index is 13.4. The Morgan fingerprint density at radius 3 is 2.41 bits per heavy atom. The molecule has 7 nitrogen and oxygen atoms in total. The molecule has 1 N–H and O–H groups in total. The van der Waals surface area contributed by atoms with Crippen LogP contribution in [0, 0.1) is 0 Å². The van der Waals surface area contributed by atoms with E-state index < -0.39 is 0 Å². The standard InChI is InChI=1S/C27H33N3O4/c1-3-23-12-7-8-14-25(23)28-27(32)30(17-19-33-2)21-26(31)29(20-24-13-9-18-34-24)16-15-22-10-5-4-6-11-22/h4-14,18H,3,15-17,19-21H2,1-2H3,(H,28,32). The van der Waals surface area contributed by atoms with Gasteiger partial charge in [-0.15, -0.1) is 0 Å². The molecule has 34 heavy (non-hydrogen) atoms. The number of nitrogens with one attached hydrogen (secondary N) is 1. The molecule has 3 aromatic rings. The molecule has 0 saturated carbocycles. The number of benzene rings is 2. The van der Waals surface area contributed by atoms with Gasteiger partial charge in [0.2, 0.25) is 5.91 Å². The first-order valence-electron chi connectivity index (χ1n) is 11.6. The van der Waals surface area contributed by atoms with Gasteiger partial charge < -0.3 is 24.3 Å². The predicted molar refractivity (Wildman–Crippen MR) is 133 cm³/mol. The van der Waals surface area contributed by atoms with Crippen molar-refractivity contribution in [2.75, 3.05) is 38.7 Å². The largest absolute Gasteiger partial charge is 0.467 e. The number of hydrogen-bond acceptors (Lipinski definition) is 4. The van der Waals surface area contributed by atoms with Gasteiger partial charge in [-0.3, -0.25) is 4.79 Å². The zero-order valence-electron chi connectivity index (χ0n) is 19.9. The Morgan fingerprint density at radius 1 is 0.941 bits per heavy atom. The number of methoxy groups -OCH3 is 1. The first-order valence-corrected chi connectivity index (χ1v) is 11.6. The summed E-state index contributed by atoms with van der Waals surface area (Å²) in [5.41, 5.74) is 2.93. The van der Waals surface area contributed by atoms with E-state index in [1.807, 2.05) is 67.6 Å². The number of nitrogens with zero attached hydrogens (tertiary/aromatic N) is 2. The molecule has 0 saturated heterocycles. The van der Waals surface area contributed by atoms with Gasteiger partial charge in [-0.05, 0) is 42.2 Å². The van der Waals surface area contributed by atoms with Gasteiger partial charge in [0.05, 0.1) is 19.4 Å². The molecule has 0 spiro atoms. The van der Waals surface area contributed by atoms with Crippen LogP contribution in [-0.2, 0) is 28.9 Å². The summed E-state index contributed by atoms with van der Waals surface area (Å²) in [6.07, 6.45) is 3.10. The van der Waals surface area contributed by atoms with Crippen molar-refractivity contribution < 1.29 is 18.7 Å². The molecular weight excluding hydrogens is 430 g/mol. The highest BCUT2D eigenvalue weighted by Crippen LogP contribution is 2.16. The van der Waals surface area contributed by atoms with Crippen molar-refractivity contribution >= 4 is 17.6 Å². The Labute approximate surface area is 201 Å². The van der Waals surface area contributed by atoms with Gasteiger partial charge in [0, 0.05) is 25.9 Å². The topological polar surface area (TPSA) is 75.0 Å². The Morgan fingerprint density at radius 2 is 1.71 bits per heavy atom. The van der Waals surface area contributed by atoms with Crippen LogP contribution in [0.1, 0.15) is 23.8 Å². The number of anilines is 1. The number of carbonyl (C=O) groups excluding carboxylic acids is 2. The van der Waals surface area contributed by atoms with Crippen LogP contribution in [0.25, 0.3) is 0 Å². The Balaban J connectivity index is 1.71. The molecule has 0 aliphatic rings. The van der Waals surface area contributed by atoms with Gasteiger partial charge in [-0.1, -0.05) is 55.5 Å². The number of amides is 3. The number of rotatable bonds is 12. The van der Waals surface area contributed by atoms with Crippen LogP contribution in [0.2, 0.25) is 0 Å². The molecule has 1 heterocycles. The molecule has 2 aromatic carbocycles. The molecule has 0 unspecified atom stereocenters. The lowest BCUT2D eigenvalue weighted by Crippen LogP contribution is -2.46. The normalized spacial score (nSPS) is 10.6. The molecule has 180 valence electrons. The summed E-state index contributed by atoms with van der Waals surface area (Å²) in [6, 6.07) is 21.0. The molecule has 0 fully saturated rings. The summed E-state index contributed by atoms with van der Waals surface area (Å²) in [5, 5.41) is 2.96. The van der Waals surface area contributed by atoms with Crippen molar-refractivity contribution in [1.82, 2.24) is 9.80 Å². The van der Waals surface area contributed by atoms with Gasteiger partial charge >= 0.3 is 6.03 Å². The number of para-hydroxylation sites is 1. The maximum Gasteiger partial charge on any atom is 0.322 e. The Bertz CT molecular complexity index is 1020. The van der Waals surface area contributed by atoms with Crippen molar-refractivity contribution in [3.63, 3.8) is 0 Å². The number of hydrogen-bond donors (Lipinski definition) is 1. The summed E-state index contributed by atoms with van der Waals surface area (Å²) in [6.45, 7) is 3.47.